The lowest BCUT2D eigenvalue weighted by molar-refractivity contribution is 0.669. The molecule has 1 aliphatic rings. The molecule has 204 valence electrons. The number of para-hydroxylation sites is 1. The van der Waals surface area contributed by atoms with E-state index in [4.69, 9.17) is 14.4 Å². The SMILES string of the molecule is C1=CC(c2ccccc2)CC=C1c1cc(-c2ccc(-c3ccc4oc5ccccc5c4c3)cc2)nc(-c2ccccc2)n1. The van der Waals surface area contributed by atoms with Crippen molar-refractivity contribution < 1.29 is 4.42 Å². The Labute approximate surface area is 250 Å². The van der Waals surface area contributed by atoms with Crippen LogP contribution in [0.15, 0.2) is 156 Å². The molecule has 3 nitrogen and oxygen atoms in total. The van der Waals surface area contributed by atoms with Crippen LogP contribution in [-0.4, -0.2) is 9.97 Å². The molecule has 0 fully saturated rings. The number of fused-ring (bicyclic) bond motifs is 3. The maximum absolute atomic E-state index is 6.03. The summed E-state index contributed by atoms with van der Waals surface area (Å²) in [7, 11) is 0. The van der Waals surface area contributed by atoms with Gasteiger partial charge < -0.3 is 4.42 Å². The molecule has 0 N–H and O–H groups in total. The summed E-state index contributed by atoms with van der Waals surface area (Å²) in [6.45, 7) is 0. The third-order valence-electron chi connectivity index (χ3n) is 8.27. The lowest BCUT2D eigenvalue weighted by Gasteiger charge is -2.17. The number of allylic oxidation sites excluding steroid dienone is 4. The van der Waals surface area contributed by atoms with E-state index in [2.05, 4.69) is 121 Å². The van der Waals surface area contributed by atoms with Gasteiger partial charge in [0, 0.05) is 27.8 Å². The highest BCUT2D eigenvalue weighted by molar-refractivity contribution is 6.06. The number of aromatic nitrogens is 2. The normalized spacial score (nSPS) is 14.7. The van der Waals surface area contributed by atoms with Crippen LogP contribution >= 0.6 is 0 Å². The Bertz CT molecular complexity index is 2140. The van der Waals surface area contributed by atoms with Crippen LogP contribution in [0.25, 0.3) is 61.3 Å². The summed E-state index contributed by atoms with van der Waals surface area (Å²) in [5, 5.41) is 2.27. The molecule has 7 aromatic rings. The molecule has 0 amide bonds. The molecule has 8 rings (SSSR count). The molecule has 0 aliphatic heterocycles. The molecule has 2 aromatic heterocycles. The quantitative estimate of drug-likeness (QED) is 0.213. The number of benzene rings is 5. The van der Waals surface area contributed by atoms with Gasteiger partial charge in [0.1, 0.15) is 11.2 Å². The van der Waals surface area contributed by atoms with Gasteiger partial charge in [-0.25, -0.2) is 9.97 Å². The van der Waals surface area contributed by atoms with Crippen molar-refractivity contribution in [2.24, 2.45) is 0 Å². The zero-order valence-electron chi connectivity index (χ0n) is 23.5. The summed E-state index contributed by atoms with van der Waals surface area (Å²) in [6, 6.07) is 46.3. The van der Waals surface area contributed by atoms with Crippen LogP contribution < -0.4 is 0 Å². The van der Waals surface area contributed by atoms with E-state index in [9.17, 15) is 0 Å². The molecule has 0 saturated carbocycles. The highest BCUT2D eigenvalue weighted by atomic mass is 16.3. The lowest BCUT2D eigenvalue weighted by atomic mass is 9.89. The monoisotopic (exact) mass is 552 g/mol. The van der Waals surface area contributed by atoms with Gasteiger partial charge in [0.25, 0.3) is 0 Å². The first-order valence-corrected chi connectivity index (χ1v) is 14.7. The van der Waals surface area contributed by atoms with E-state index in [1.54, 1.807) is 0 Å². The first kappa shape index (κ1) is 25.2. The average Bonchev–Trinajstić information content (AvgIpc) is 3.47. The van der Waals surface area contributed by atoms with Crippen LogP contribution in [-0.2, 0) is 0 Å². The first-order chi connectivity index (χ1) is 21.3. The van der Waals surface area contributed by atoms with Gasteiger partial charge in [-0.1, -0.05) is 127 Å². The van der Waals surface area contributed by atoms with Crippen LogP contribution in [0.5, 0.6) is 0 Å². The van der Waals surface area contributed by atoms with Crippen LogP contribution in [0.3, 0.4) is 0 Å². The van der Waals surface area contributed by atoms with Crippen molar-refractivity contribution in [3.63, 3.8) is 0 Å². The van der Waals surface area contributed by atoms with E-state index in [0.717, 1.165) is 73.4 Å². The number of nitrogens with zero attached hydrogens (tertiary/aromatic N) is 2. The molecule has 0 saturated heterocycles. The van der Waals surface area contributed by atoms with Gasteiger partial charge in [0.15, 0.2) is 5.82 Å². The van der Waals surface area contributed by atoms with Crippen molar-refractivity contribution in [2.75, 3.05) is 0 Å². The van der Waals surface area contributed by atoms with Crippen molar-refractivity contribution in [3.05, 3.63) is 163 Å². The molecule has 1 aliphatic carbocycles. The second-order valence-electron chi connectivity index (χ2n) is 11.0. The maximum Gasteiger partial charge on any atom is 0.160 e. The summed E-state index contributed by atoms with van der Waals surface area (Å²) in [4.78, 5) is 10.1. The molecule has 3 heteroatoms. The Kier molecular flexibility index (Phi) is 6.27. The molecule has 43 heavy (non-hydrogen) atoms. The Morgan fingerprint density at radius 1 is 0.535 bits per heavy atom. The molecule has 2 heterocycles. The standard InChI is InChI=1S/C40H28N2O/c1-3-9-27(10-4-1)28-15-19-30(20-16-28)36-26-37(42-40(41-36)32-11-5-2-6-12-32)31-21-17-29(18-22-31)33-23-24-39-35(25-33)34-13-7-8-14-38(34)43-39/h1-15,17-26,28H,16H2. The van der Waals surface area contributed by atoms with Crippen molar-refractivity contribution >= 4 is 27.5 Å². The molecule has 1 unspecified atom stereocenters. The lowest BCUT2D eigenvalue weighted by Crippen LogP contribution is -2.02. The van der Waals surface area contributed by atoms with Gasteiger partial charge >= 0.3 is 0 Å². The van der Waals surface area contributed by atoms with Gasteiger partial charge in [-0.05, 0) is 52.9 Å². The van der Waals surface area contributed by atoms with Crippen LogP contribution in [0.2, 0.25) is 0 Å². The van der Waals surface area contributed by atoms with Crippen molar-refractivity contribution in [1.82, 2.24) is 9.97 Å². The van der Waals surface area contributed by atoms with Crippen molar-refractivity contribution in [3.8, 4) is 33.8 Å². The van der Waals surface area contributed by atoms with E-state index < -0.39 is 0 Å². The average molecular weight is 553 g/mol. The molecule has 1 atom stereocenters. The predicted octanol–water partition coefficient (Wildman–Crippen LogP) is 10.5. The fourth-order valence-corrected chi connectivity index (χ4v) is 5.96. The minimum atomic E-state index is 0.381. The fourth-order valence-electron chi connectivity index (χ4n) is 5.96. The second-order valence-corrected chi connectivity index (χ2v) is 11.0. The van der Waals surface area contributed by atoms with Crippen LogP contribution in [0.4, 0.5) is 0 Å². The number of furan rings is 1. The number of rotatable bonds is 5. The van der Waals surface area contributed by atoms with Gasteiger partial charge in [0.2, 0.25) is 0 Å². The van der Waals surface area contributed by atoms with Crippen molar-refractivity contribution in [1.29, 1.82) is 0 Å². The largest absolute Gasteiger partial charge is 0.456 e. The molecular formula is C40H28N2O. The Morgan fingerprint density at radius 3 is 2.00 bits per heavy atom. The summed E-state index contributed by atoms with van der Waals surface area (Å²) in [6.07, 6.45) is 7.75. The van der Waals surface area contributed by atoms with E-state index in [-0.39, 0.29) is 0 Å². The first-order valence-electron chi connectivity index (χ1n) is 14.7. The third-order valence-corrected chi connectivity index (χ3v) is 8.27. The Morgan fingerprint density at radius 2 is 1.21 bits per heavy atom. The highest BCUT2D eigenvalue weighted by Gasteiger charge is 2.16. The molecule has 0 bridgehead atoms. The molecule has 0 spiro atoms. The topological polar surface area (TPSA) is 38.9 Å². The molecule has 5 aromatic carbocycles. The van der Waals surface area contributed by atoms with E-state index >= 15 is 0 Å². The summed E-state index contributed by atoms with van der Waals surface area (Å²) >= 11 is 0. The minimum absolute atomic E-state index is 0.381. The van der Waals surface area contributed by atoms with E-state index in [1.807, 2.05) is 30.3 Å². The number of hydrogen-bond donors (Lipinski definition) is 0. The Hall–Kier alpha value is -5.54. The van der Waals surface area contributed by atoms with Gasteiger partial charge in [0.05, 0.1) is 11.4 Å². The van der Waals surface area contributed by atoms with E-state index in [0.29, 0.717) is 5.92 Å². The zero-order chi connectivity index (χ0) is 28.6. The summed E-state index contributed by atoms with van der Waals surface area (Å²) in [5.74, 6) is 1.11. The minimum Gasteiger partial charge on any atom is -0.456 e. The van der Waals surface area contributed by atoms with Crippen LogP contribution in [0, 0.1) is 0 Å². The predicted molar refractivity (Wildman–Crippen MR) is 177 cm³/mol. The van der Waals surface area contributed by atoms with E-state index in [1.165, 1.54) is 5.56 Å². The zero-order valence-corrected chi connectivity index (χ0v) is 23.5. The van der Waals surface area contributed by atoms with Gasteiger partial charge in [-0.3, -0.25) is 0 Å². The Balaban J connectivity index is 1.15. The maximum atomic E-state index is 6.03. The van der Waals surface area contributed by atoms with Gasteiger partial charge in [-0.2, -0.15) is 0 Å². The molecular weight excluding hydrogens is 524 g/mol. The molecule has 0 radical (unpaired) electrons. The fraction of sp³-hybridized carbons (Fsp3) is 0.0500. The third kappa shape index (κ3) is 4.85. The van der Waals surface area contributed by atoms with Crippen LogP contribution in [0.1, 0.15) is 23.6 Å². The smallest absolute Gasteiger partial charge is 0.160 e. The van der Waals surface area contributed by atoms with Crippen molar-refractivity contribution in [2.45, 2.75) is 12.3 Å². The summed E-state index contributed by atoms with van der Waals surface area (Å²) in [5.41, 5.74) is 10.5. The second kappa shape index (κ2) is 10.7. The number of hydrogen-bond acceptors (Lipinski definition) is 3. The highest BCUT2D eigenvalue weighted by Crippen LogP contribution is 2.35. The van der Waals surface area contributed by atoms with Gasteiger partial charge in [-0.15, -0.1) is 0 Å². The summed E-state index contributed by atoms with van der Waals surface area (Å²) < 4.78 is 6.03.